The molecule has 4 rings (SSSR count). The van der Waals surface area contributed by atoms with Crippen LogP contribution in [0.25, 0.3) is 0 Å². The fourth-order valence-corrected chi connectivity index (χ4v) is 5.44. The van der Waals surface area contributed by atoms with Crippen molar-refractivity contribution >= 4 is 11.9 Å². The number of nitrogens with zero attached hydrogens (tertiary/aromatic N) is 2. The Morgan fingerprint density at radius 2 is 1.79 bits per heavy atom. The second kappa shape index (κ2) is 6.93. The largest absolute Gasteiger partial charge is 0.338 e. The van der Waals surface area contributed by atoms with Crippen LogP contribution in [-0.2, 0) is 4.79 Å². The monoisotopic (exact) mass is 333 g/mol. The second-order valence-corrected chi connectivity index (χ2v) is 8.29. The summed E-state index contributed by atoms with van der Waals surface area (Å²) in [6.45, 7) is 1.74. The Morgan fingerprint density at radius 1 is 1.00 bits per heavy atom. The van der Waals surface area contributed by atoms with Gasteiger partial charge < -0.3 is 15.1 Å². The highest BCUT2D eigenvalue weighted by atomic mass is 16.2. The minimum Gasteiger partial charge on any atom is -0.338 e. The maximum Gasteiger partial charge on any atom is 0.318 e. The molecule has 3 aliphatic heterocycles. The maximum atomic E-state index is 12.8. The van der Waals surface area contributed by atoms with Gasteiger partial charge in [-0.15, -0.1) is 0 Å². The van der Waals surface area contributed by atoms with Gasteiger partial charge in [0.1, 0.15) is 6.04 Å². The number of hydrogen-bond acceptors (Lipinski definition) is 2. The van der Waals surface area contributed by atoms with Gasteiger partial charge in [-0.2, -0.15) is 0 Å². The summed E-state index contributed by atoms with van der Waals surface area (Å²) < 4.78 is 0. The minimum atomic E-state index is -0.284. The SMILES string of the molecule is O=C(NC1CC2CCCCN2C1=O)N1CCCC1CC1CCCC1. The first-order valence-electron chi connectivity index (χ1n) is 10.1. The summed E-state index contributed by atoms with van der Waals surface area (Å²) in [6.07, 6.45) is 13.0. The average Bonchev–Trinajstić information content (AvgIpc) is 3.31. The van der Waals surface area contributed by atoms with Crippen molar-refractivity contribution in [3.8, 4) is 0 Å². The van der Waals surface area contributed by atoms with Crippen LogP contribution in [0.4, 0.5) is 4.79 Å². The molecule has 1 saturated carbocycles. The lowest BCUT2D eigenvalue weighted by Gasteiger charge is -2.29. The van der Waals surface area contributed by atoms with Crippen molar-refractivity contribution in [1.29, 1.82) is 0 Å². The summed E-state index contributed by atoms with van der Waals surface area (Å²) in [7, 11) is 0. The van der Waals surface area contributed by atoms with Gasteiger partial charge in [-0.05, 0) is 50.9 Å². The molecule has 3 unspecified atom stereocenters. The summed E-state index contributed by atoms with van der Waals surface area (Å²) in [5, 5.41) is 3.08. The van der Waals surface area contributed by atoms with E-state index in [2.05, 4.69) is 5.32 Å². The van der Waals surface area contributed by atoms with Crippen molar-refractivity contribution in [2.24, 2.45) is 5.92 Å². The molecule has 0 bridgehead atoms. The number of amides is 3. The number of rotatable bonds is 3. The topological polar surface area (TPSA) is 52.7 Å². The Kier molecular flexibility index (Phi) is 4.68. The zero-order valence-electron chi connectivity index (χ0n) is 14.7. The third kappa shape index (κ3) is 3.14. The van der Waals surface area contributed by atoms with Crippen molar-refractivity contribution in [2.45, 2.75) is 88.8 Å². The van der Waals surface area contributed by atoms with Gasteiger partial charge in [0.2, 0.25) is 5.91 Å². The number of urea groups is 1. The Bertz CT molecular complexity index is 489. The molecule has 134 valence electrons. The molecule has 0 aromatic heterocycles. The van der Waals surface area contributed by atoms with E-state index in [4.69, 9.17) is 0 Å². The van der Waals surface area contributed by atoms with Crippen LogP contribution in [-0.4, -0.2) is 53.0 Å². The summed E-state index contributed by atoms with van der Waals surface area (Å²) in [5.41, 5.74) is 0. The van der Waals surface area contributed by atoms with E-state index < -0.39 is 0 Å². The molecule has 0 radical (unpaired) electrons. The molecule has 0 aromatic rings. The summed E-state index contributed by atoms with van der Waals surface area (Å²) in [4.78, 5) is 29.4. The number of carbonyl (C=O) groups excluding carboxylic acids is 2. The smallest absolute Gasteiger partial charge is 0.318 e. The van der Waals surface area contributed by atoms with E-state index in [1.807, 2.05) is 9.80 Å². The van der Waals surface area contributed by atoms with Crippen LogP contribution in [0.5, 0.6) is 0 Å². The average molecular weight is 333 g/mol. The molecule has 3 amide bonds. The van der Waals surface area contributed by atoms with Crippen LogP contribution < -0.4 is 5.32 Å². The lowest BCUT2D eigenvalue weighted by molar-refractivity contribution is -0.131. The van der Waals surface area contributed by atoms with E-state index in [0.29, 0.717) is 12.1 Å². The Balaban J connectivity index is 1.34. The highest BCUT2D eigenvalue weighted by Gasteiger charge is 2.42. The molecule has 3 heterocycles. The molecule has 4 aliphatic rings. The summed E-state index contributed by atoms with van der Waals surface area (Å²) in [6, 6.07) is 0.485. The third-order valence-electron chi connectivity index (χ3n) is 6.73. The van der Waals surface area contributed by atoms with Gasteiger partial charge in [-0.3, -0.25) is 4.79 Å². The van der Waals surface area contributed by atoms with Gasteiger partial charge in [-0.1, -0.05) is 25.7 Å². The molecule has 1 aliphatic carbocycles. The highest BCUT2D eigenvalue weighted by Crippen LogP contribution is 2.33. The Morgan fingerprint density at radius 3 is 2.58 bits per heavy atom. The van der Waals surface area contributed by atoms with Crippen LogP contribution in [0.1, 0.15) is 70.6 Å². The van der Waals surface area contributed by atoms with Crippen LogP contribution in [0, 0.1) is 5.92 Å². The normalized spacial score (nSPS) is 34.0. The number of carbonyl (C=O) groups is 2. The van der Waals surface area contributed by atoms with Gasteiger partial charge in [0, 0.05) is 25.2 Å². The quantitative estimate of drug-likeness (QED) is 0.863. The zero-order chi connectivity index (χ0) is 16.5. The van der Waals surface area contributed by atoms with E-state index in [1.54, 1.807) is 0 Å². The van der Waals surface area contributed by atoms with Gasteiger partial charge in [0.25, 0.3) is 0 Å². The van der Waals surface area contributed by atoms with Crippen molar-refractivity contribution in [2.75, 3.05) is 13.1 Å². The van der Waals surface area contributed by atoms with Gasteiger partial charge >= 0.3 is 6.03 Å². The molecule has 5 nitrogen and oxygen atoms in total. The van der Waals surface area contributed by atoms with E-state index >= 15 is 0 Å². The first-order chi connectivity index (χ1) is 11.7. The third-order valence-corrected chi connectivity index (χ3v) is 6.73. The van der Waals surface area contributed by atoms with Crippen molar-refractivity contribution in [1.82, 2.24) is 15.1 Å². The molecule has 5 heteroatoms. The van der Waals surface area contributed by atoms with E-state index in [0.717, 1.165) is 51.1 Å². The van der Waals surface area contributed by atoms with Gasteiger partial charge in [0.15, 0.2) is 0 Å². The first kappa shape index (κ1) is 16.2. The molecule has 0 aromatic carbocycles. The van der Waals surface area contributed by atoms with E-state index in [9.17, 15) is 9.59 Å². The number of piperidine rings is 1. The van der Waals surface area contributed by atoms with E-state index in [1.165, 1.54) is 38.5 Å². The van der Waals surface area contributed by atoms with Gasteiger partial charge in [-0.25, -0.2) is 4.79 Å². The van der Waals surface area contributed by atoms with Crippen LogP contribution in [0.15, 0.2) is 0 Å². The molecule has 1 N–H and O–H groups in total. The molecule has 3 atom stereocenters. The predicted octanol–water partition coefficient (Wildman–Crippen LogP) is 2.89. The predicted molar refractivity (Wildman–Crippen MR) is 92.6 cm³/mol. The molecule has 24 heavy (non-hydrogen) atoms. The minimum absolute atomic E-state index is 0.00805. The highest BCUT2D eigenvalue weighted by molar-refractivity contribution is 5.89. The lowest BCUT2D eigenvalue weighted by Crippen LogP contribution is -2.49. The van der Waals surface area contributed by atoms with Crippen LogP contribution in [0.3, 0.4) is 0 Å². The van der Waals surface area contributed by atoms with Crippen LogP contribution in [0.2, 0.25) is 0 Å². The first-order valence-corrected chi connectivity index (χ1v) is 10.1. The fourth-order valence-electron chi connectivity index (χ4n) is 5.44. The zero-order valence-corrected chi connectivity index (χ0v) is 14.7. The Labute approximate surface area is 145 Å². The summed E-state index contributed by atoms with van der Waals surface area (Å²) in [5.74, 6) is 0.963. The molecule has 4 fully saturated rings. The number of hydrogen-bond donors (Lipinski definition) is 1. The second-order valence-electron chi connectivity index (χ2n) is 8.29. The lowest BCUT2D eigenvalue weighted by atomic mass is 9.97. The van der Waals surface area contributed by atoms with Crippen LogP contribution >= 0.6 is 0 Å². The standard InChI is InChI=1S/C19H31N3O2/c23-18-17(13-16-8-3-4-10-21(16)18)20-19(24)22-11-5-9-15(22)12-14-6-1-2-7-14/h14-17H,1-13H2,(H,20,24). The van der Waals surface area contributed by atoms with Gasteiger partial charge in [0.05, 0.1) is 0 Å². The molecular weight excluding hydrogens is 302 g/mol. The number of nitrogens with one attached hydrogen (secondary N) is 1. The maximum absolute atomic E-state index is 12.8. The Hall–Kier alpha value is -1.26. The fraction of sp³-hybridized carbons (Fsp3) is 0.895. The molecule has 3 saturated heterocycles. The molecule has 0 spiro atoms. The molecular formula is C19H31N3O2. The van der Waals surface area contributed by atoms with E-state index in [-0.39, 0.29) is 18.0 Å². The van der Waals surface area contributed by atoms with Crippen molar-refractivity contribution < 1.29 is 9.59 Å². The number of fused-ring (bicyclic) bond motifs is 1. The van der Waals surface area contributed by atoms with Crippen molar-refractivity contribution in [3.63, 3.8) is 0 Å². The van der Waals surface area contributed by atoms with Crippen molar-refractivity contribution in [3.05, 3.63) is 0 Å². The number of likely N-dealkylation sites (tertiary alicyclic amines) is 1. The summed E-state index contributed by atoms with van der Waals surface area (Å²) >= 11 is 0.